The Bertz CT molecular complexity index is 950. The fourth-order valence-corrected chi connectivity index (χ4v) is 4.38. The molecule has 0 saturated carbocycles. The van der Waals surface area contributed by atoms with Crippen LogP contribution >= 0.6 is 0 Å². The van der Waals surface area contributed by atoms with Crippen molar-refractivity contribution in [1.29, 1.82) is 0 Å². The van der Waals surface area contributed by atoms with Crippen molar-refractivity contribution < 1.29 is 10.2 Å². The normalized spacial score (nSPS) is 16.2. The molecular weight excluding hydrogens is 376 g/mol. The van der Waals surface area contributed by atoms with Gasteiger partial charge in [-0.25, -0.2) is 0 Å². The average molecular weight is 413 g/mol. The molecule has 0 spiro atoms. The maximum absolute atomic E-state index is 11.7. The maximum Gasteiger partial charge on any atom is 0.223 e. The van der Waals surface area contributed by atoms with E-state index in [1.807, 2.05) is 4.57 Å². The van der Waals surface area contributed by atoms with Gasteiger partial charge >= 0.3 is 0 Å². The molecular formula is C25H36N2O3. The summed E-state index contributed by atoms with van der Waals surface area (Å²) in [4.78, 5) is 14.1. The lowest BCUT2D eigenvalue weighted by Crippen LogP contribution is -2.35. The smallest absolute Gasteiger partial charge is 0.223 e. The predicted octanol–water partition coefficient (Wildman–Crippen LogP) is 5.00. The van der Waals surface area contributed by atoms with Crippen LogP contribution in [0.25, 0.3) is 0 Å². The van der Waals surface area contributed by atoms with Crippen LogP contribution in [0.1, 0.15) is 77.2 Å². The second kappa shape index (κ2) is 7.68. The van der Waals surface area contributed by atoms with Crippen LogP contribution < -0.4 is 10.3 Å². The first-order valence-electron chi connectivity index (χ1n) is 10.8. The van der Waals surface area contributed by atoms with Gasteiger partial charge in [0, 0.05) is 48.2 Å². The Morgan fingerprint density at radius 2 is 1.40 bits per heavy atom. The van der Waals surface area contributed by atoms with Crippen molar-refractivity contribution in [2.45, 2.75) is 78.2 Å². The fourth-order valence-electron chi connectivity index (χ4n) is 4.38. The molecule has 5 heteroatoms. The minimum Gasteiger partial charge on any atom is -0.507 e. The van der Waals surface area contributed by atoms with Crippen LogP contribution in [0.5, 0.6) is 11.5 Å². The largest absolute Gasteiger partial charge is 0.507 e. The van der Waals surface area contributed by atoms with E-state index in [0.29, 0.717) is 11.4 Å². The highest BCUT2D eigenvalue weighted by Gasteiger charge is 2.29. The lowest BCUT2D eigenvalue weighted by atomic mass is 9.79. The van der Waals surface area contributed by atoms with E-state index in [1.54, 1.807) is 13.1 Å². The van der Waals surface area contributed by atoms with Gasteiger partial charge in [-0.3, -0.25) is 4.79 Å². The van der Waals surface area contributed by atoms with E-state index in [2.05, 4.69) is 58.6 Å². The van der Waals surface area contributed by atoms with E-state index >= 15 is 0 Å². The van der Waals surface area contributed by atoms with Gasteiger partial charge in [0.15, 0.2) is 5.75 Å². The summed E-state index contributed by atoms with van der Waals surface area (Å²) < 4.78 is 2.03. The van der Waals surface area contributed by atoms with E-state index in [9.17, 15) is 15.0 Å². The molecule has 1 aromatic carbocycles. The van der Waals surface area contributed by atoms with Gasteiger partial charge in [-0.1, -0.05) is 41.5 Å². The Morgan fingerprint density at radius 1 is 0.900 bits per heavy atom. The molecule has 164 valence electrons. The Hall–Kier alpha value is -2.43. The van der Waals surface area contributed by atoms with Crippen molar-refractivity contribution in [3.05, 3.63) is 51.4 Å². The number of rotatable bonds is 2. The molecule has 1 aliphatic rings. The molecule has 0 atom stereocenters. The van der Waals surface area contributed by atoms with E-state index in [1.165, 1.54) is 6.07 Å². The zero-order valence-electron chi connectivity index (χ0n) is 19.4. The molecule has 2 N–H and O–H groups in total. The first-order valence-corrected chi connectivity index (χ1v) is 10.8. The molecule has 3 rings (SSSR count). The van der Waals surface area contributed by atoms with Crippen LogP contribution in [0.15, 0.2) is 29.2 Å². The molecule has 1 aromatic heterocycles. The molecule has 1 fully saturated rings. The number of aromatic hydroxyl groups is 2. The van der Waals surface area contributed by atoms with Crippen LogP contribution in [-0.4, -0.2) is 27.9 Å². The lowest BCUT2D eigenvalue weighted by molar-refractivity contribution is 0.375. The Kier molecular flexibility index (Phi) is 5.70. The predicted molar refractivity (Wildman–Crippen MR) is 123 cm³/mol. The molecule has 0 unspecified atom stereocenters. The number of hydrogen-bond acceptors (Lipinski definition) is 4. The van der Waals surface area contributed by atoms with Crippen molar-refractivity contribution >= 4 is 5.69 Å². The summed E-state index contributed by atoms with van der Waals surface area (Å²) in [6.07, 6.45) is 3.66. The molecule has 5 nitrogen and oxygen atoms in total. The molecule has 0 aliphatic carbocycles. The van der Waals surface area contributed by atoms with Gasteiger partial charge in [0.05, 0.1) is 5.69 Å². The number of anilines is 1. The molecule has 0 amide bonds. The van der Waals surface area contributed by atoms with E-state index in [0.717, 1.165) is 42.7 Å². The molecule has 1 saturated heterocycles. The second-order valence-electron chi connectivity index (χ2n) is 10.6. The highest BCUT2D eigenvalue weighted by Crippen LogP contribution is 2.42. The third-order valence-corrected chi connectivity index (χ3v) is 6.28. The van der Waals surface area contributed by atoms with Crippen molar-refractivity contribution in [3.63, 3.8) is 0 Å². The van der Waals surface area contributed by atoms with E-state index < -0.39 is 0 Å². The topological polar surface area (TPSA) is 65.7 Å². The van der Waals surface area contributed by atoms with Gasteiger partial charge in [-0.05, 0) is 42.7 Å². The third-order valence-electron chi connectivity index (χ3n) is 6.28. The van der Waals surface area contributed by atoms with Crippen LogP contribution in [0, 0.1) is 6.92 Å². The summed E-state index contributed by atoms with van der Waals surface area (Å²) in [6.45, 7) is 16.4. The Labute approximate surface area is 180 Å². The molecule has 2 aromatic rings. The van der Waals surface area contributed by atoms with Gasteiger partial charge in [0.25, 0.3) is 0 Å². The number of pyridine rings is 1. The van der Waals surface area contributed by atoms with Crippen molar-refractivity contribution in [2.24, 2.45) is 0 Å². The number of phenols is 1. The minimum absolute atomic E-state index is 0.150. The number of benzene rings is 1. The number of aromatic nitrogens is 1. The minimum atomic E-state index is -0.324. The summed E-state index contributed by atoms with van der Waals surface area (Å²) in [7, 11) is 0. The number of piperidine rings is 1. The van der Waals surface area contributed by atoms with E-state index in [-0.39, 0.29) is 28.1 Å². The van der Waals surface area contributed by atoms with Gasteiger partial charge in [0.1, 0.15) is 5.75 Å². The molecule has 0 radical (unpaired) electrons. The highest BCUT2D eigenvalue weighted by atomic mass is 16.3. The van der Waals surface area contributed by atoms with Gasteiger partial charge in [-0.15, -0.1) is 0 Å². The first-order chi connectivity index (χ1) is 13.8. The van der Waals surface area contributed by atoms with Crippen molar-refractivity contribution in [3.8, 4) is 11.5 Å². The third kappa shape index (κ3) is 4.21. The number of phenolic OH excluding ortho intramolecular Hbond substituents is 1. The quantitative estimate of drug-likeness (QED) is 0.728. The molecule has 30 heavy (non-hydrogen) atoms. The van der Waals surface area contributed by atoms with Gasteiger partial charge < -0.3 is 19.7 Å². The Morgan fingerprint density at radius 3 is 1.87 bits per heavy atom. The SMILES string of the molecule is Cc1c(O)c(=O)ccn1C1CCN(c2cc(C(C)(C)C)c(O)c(C(C)(C)C)c2)CC1. The summed E-state index contributed by atoms with van der Waals surface area (Å²) in [6, 6.07) is 5.98. The first kappa shape index (κ1) is 22.3. The van der Waals surface area contributed by atoms with Crippen molar-refractivity contribution in [2.75, 3.05) is 18.0 Å². The van der Waals surface area contributed by atoms with Crippen LogP contribution in [-0.2, 0) is 10.8 Å². The zero-order chi connectivity index (χ0) is 22.4. The molecule has 1 aliphatic heterocycles. The van der Waals surface area contributed by atoms with Crippen LogP contribution in [0.4, 0.5) is 5.69 Å². The monoisotopic (exact) mass is 412 g/mol. The van der Waals surface area contributed by atoms with Gasteiger partial charge in [-0.2, -0.15) is 0 Å². The number of hydrogen-bond donors (Lipinski definition) is 2. The summed E-state index contributed by atoms with van der Waals surface area (Å²) in [5, 5.41) is 21.0. The van der Waals surface area contributed by atoms with Crippen molar-refractivity contribution in [1.82, 2.24) is 4.57 Å². The second-order valence-corrected chi connectivity index (χ2v) is 10.6. The maximum atomic E-state index is 11.7. The molecule has 0 bridgehead atoms. The van der Waals surface area contributed by atoms with Gasteiger partial charge in [0.2, 0.25) is 5.43 Å². The van der Waals surface area contributed by atoms with Crippen LogP contribution in [0.2, 0.25) is 0 Å². The fraction of sp³-hybridized carbons (Fsp3) is 0.560. The highest BCUT2D eigenvalue weighted by molar-refractivity contribution is 5.60. The average Bonchev–Trinajstić information content (AvgIpc) is 2.65. The summed E-state index contributed by atoms with van der Waals surface area (Å²) in [5.41, 5.74) is 3.12. The summed E-state index contributed by atoms with van der Waals surface area (Å²) >= 11 is 0. The van der Waals surface area contributed by atoms with E-state index in [4.69, 9.17) is 0 Å². The molecule has 2 heterocycles. The lowest BCUT2D eigenvalue weighted by Gasteiger charge is -2.37. The number of nitrogens with zero attached hydrogens (tertiary/aromatic N) is 2. The standard InChI is InChI=1S/C25H36N2O3/c1-16-22(29)21(28)10-13-27(16)17-8-11-26(12-9-17)18-14-19(24(2,3)4)23(30)20(15-18)25(5,6)7/h10,13-15,17,29-30H,8-9,11-12H2,1-7H3. The summed E-state index contributed by atoms with van der Waals surface area (Å²) in [5.74, 6) is 0.260. The van der Waals surface area contributed by atoms with Crippen LogP contribution in [0.3, 0.4) is 0 Å². The Balaban J connectivity index is 1.90. The zero-order valence-corrected chi connectivity index (χ0v) is 19.4.